The first-order valence-electron chi connectivity index (χ1n) is 8.23. The number of rotatable bonds is 6. The molecular formula is C14H21F3N6O5. The molecule has 0 saturated carbocycles. The summed E-state index contributed by atoms with van der Waals surface area (Å²) in [6.07, 6.45) is -2.75. The standard InChI is InChI=1S/C12H20N6O3.C2HF3O2/c13-11-15-12(17-16-11)14-8-4-6-18(7-5-8)9(19)2-1-3-10(20)21;3-2(4,5)1(6)7/h8H,1-7H2,(H,20,21)(H4,13,14,15,16,17);(H,6,7). The average molecular weight is 410 g/mol. The summed E-state index contributed by atoms with van der Waals surface area (Å²) in [5.74, 6) is -2.86. The summed E-state index contributed by atoms with van der Waals surface area (Å²) in [7, 11) is 0. The molecule has 0 bridgehead atoms. The molecular weight excluding hydrogens is 389 g/mol. The summed E-state index contributed by atoms with van der Waals surface area (Å²) < 4.78 is 31.7. The van der Waals surface area contributed by atoms with E-state index in [1.807, 2.05) is 0 Å². The van der Waals surface area contributed by atoms with Crippen LogP contribution in [0.4, 0.5) is 25.1 Å². The molecule has 6 N–H and O–H groups in total. The Morgan fingerprint density at radius 2 is 1.79 bits per heavy atom. The second-order valence-electron chi connectivity index (χ2n) is 5.89. The first-order chi connectivity index (χ1) is 13.0. The maximum atomic E-state index is 11.9. The van der Waals surface area contributed by atoms with Crippen LogP contribution in [0.1, 0.15) is 32.1 Å². The van der Waals surface area contributed by atoms with Crippen molar-refractivity contribution in [3.05, 3.63) is 0 Å². The first kappa shape index (κ1) is 23.0. The number of alkyl halides is 3. The van der Waals surface area contributed by atoms with E-state index in [4.69, 9.17) is 20.7 Å². The third-order valence-corrected chi connectivity index (χ3v) is 3.71. The molecule has 0 aromatic carbocycles. The van der Waals surface area contributed by atoms with Gasteiger partial charge in [0.15, 0.2) is 0 Å². The summed E-state index contributed by atoms with van der Waals surface area (Å²) in [6.45, 7) is 1.31. The number of likely N-dealkylation sites (tertiary alicyclic amines) is 1. The van der Waals surface area contributed by atoms with E-state index >= 15 is 0 Å². The van der Waals surface area contributed by atoms with Crippen LogP contribution in [0.25, 0.3) is 0 Å². The Morgan fingerprint density at radius 1 is 1.21 bits per heavy atom. The van der Waals surface area contributed by atoms with Crippen molar-refractivity contribution in [3.63, 3.8) is 0 Å². The van der Waals surface area contributed by atoms with Crippen LogP contribution in [0.15, 0.2) is 0 Å². The van der Waals surface area contributed by atoms with Gasteiger partial charge in [0, 0.05) is 32.0 Å². The van der Waals surface area contributed by atoms with Crippen molar-refractivity contribution in [2.45, 2.75) is 44.3 Å². The van der Waals surface area contributed by atoms with E-state index in [9.17, 15) is 22.8 Å². The van der Waals surface area contributed by atoms with Gasteiger partial charge in [-0.15, -0.1) is 5.10 Å². The van der Waals surface area contributed by atoms with Crippen molar-refractivity contribution in [2.75, 3.05) is 24.1 Å². The van der Waals surface area contributed by atoms with Gasteiger partial charge in [0.05, 0.1) is 0 Å². The van der Waals surface area contributed by atoms with Crippen molar-refractivity contribution in [1.29, 1.82) is 0 Å². The van der Waals surface area contributed by atoms with Gasteiger partial charge in [-0.25, -0.2) is 9.89 Å². The SMILES string of the molecule is Nc1nc(NC2CCN(C(=O)CCCC(=O)O)CC2)n[nH]1.O=C(O)C(F)(F)F. The number of aliphatic carboxylic acids is 2. The molecule has 1 amide bonds. The van der Waals surface area contributed by atoms with E-state index in [0.717, 1.165) is 12.8 Å². The van der Waals surface area contributed by atoms with Gasteiger partial charge in [-0.1, -0.05) is 0 Å². The third kappa shape index (κ3) is 8.55. The van der Waals surface area contributed by atoms with Crippen molar-refractivity contribution in [2.24, 2.45) is 0 Å². The smallest absolute Gasteiger partial charge is 0.481 e. The Balaban J connectivity index is 0.000000480. The van der Waals surface area contributed by atoms with E-state index in [-0.39, 0.29) is 24.3 Å². The molecule has 1 aliphatic heterocycles. The maximum absolute atomic E-state index is 11.9. The number of halogens is 3. The van der Waals surface area contributed by atoms with Crippen molar-refractivity contribution in [3.8, 4) is 0 Å². The molecule has 0 atom stereocenters. The fraction of sp³-hybridized carbons (Fsp3) is 0.643. The number of carboxylic acid groups (broad SMARTS) is 2. The molecule has 1 aliphatic rings. The number of carbonyl (C=O) groups is 3. The van der Waals surface area contributed by atoms with Gasteiger partial charge in [-0.05, 0) is 19.3 Å². The second-order valence-corrected chi connectivity index (χ2v) is 5.89. The zero-order chi connectivity index (χ0) is 21.3. The largest absolute Gasteiger partial charge is 0.490 e. The zero-order valence-corrected chi connectivity index (χ0v) is 14.7. The molecule has 2 heterocycles. The number of hydrogen-bond acceptors (Lipinski definition) is 7. The monoisotopic (exact) mass is 410 g/mol. The van der Waals surface area contributed by atoms with Crippen molar-refractivity contribution >= 4 is 29.7 Å². The van der Waals surface area contributed by atoms with Gasteiger partial charge in [0.25, 0.3) is 0 Å². The summed E-state index contributed by atoms with van der Waals surface area (Å²) in [4.78, 5) is 37.0. The highest BCUT2D eigenvalue weighted by Crippen LogP contribution is 2.16. The van der Waals surface area contributed by atoms with Crippen LogP contribution < -0.4 is 11.1 Å². The zero-order valence-electron chi connectivity index (χ0n) is 14.7. The number of aromatic nitrogens is 3. The molecule has 1 saturated heterocycles. The number of nitrogens with one attached hydrogen (secondary N) is 2. The Bertz CT molecular complexity index is 673. The highest BCUT2D eigenvalue weighted by molar-refractivity contribution is 5.77. The molecule has 1 aromatic rings. The van der Waals surface area contributed by atoms with Crippen LogP contribution in [-0.4, -0.2) is 73.4 Å². The second kappa shape index (κ2) is 10.3. The number of nitrogen functional groups attached to an aromatic ring is 1. The Labute approximate surface area is 157 Å². The maximum Gasteiger partial charge on any atom is 0.490 e. The van der Waals surface area contributed by atoms with Gasteiger partial charge in [0.2, 0.25) is 17.8 Å². The predicted octanol–water partition coefficient (Wildman–Crippen LogP) is 0.678. The number of nitrogens with zero attached hydrogens (tertiary/aromatic N) is 3. The van der Waals surface area contributed by atoms with E-state index < -0.39 is 18.1 Å². The van der Waals surface area contributed by atoms with Gasteiger partial charge >= 0.3 is 18.1 Å². The number of carboxylic acids is 2. The number of amides is 1. The highest BCUT2D eigenvalue weighted by atomic mass is 19.4. The van der Waals surface area contributed by atoms with Gasteiger partial charge in [-0.2, -0.15) is 18.2 Å². The fourth-order valence-corrected chi connectivity index (χ4v) is 2.34. The van der Waals surface area contributed by atoms with Crippen LogP contribution in [-0.2, 0) is 14.4 Å². The summed E-state index contributed by atoms with van der Waals surface area (Å²) in [6, 6.07) is 0.211. The lowest BCUT2D eigenvalue weighted by Gasteiger charge is -2.32. The minimum absolute atomic E-state index is 0.0249. The average Bonchev–Trinajstić information content (AvgIpc) is 2.99. The van der Waals surface area contributed by atoms with E-state index in [1.165, 1.54) is 0 Å². The molecule has 2 rings (SSSR count). The van der Waals surface area contributed by atoms with Crippen molar-refractivity contribution < 1.29 is 37.8 Å². The fourth-order valence-electron chi connectivity index (χ4n) is 2.34. The number of carbonyl (C=O) groups excluding carboxylic acids is 1. The highest BCUT2D eigenvalue weighted by Gasteiger charge is 2.38. The predicted molar refractivity (Wildman–Crippen MR) is 89.2 cm³/mol. The normalized spacial score (nSPS) is 14.8. The Morgan fingerprint density at radius 3 is 2.21 bits per heavy atom. The third-order valence-electron chi connectivity index (χ3n) is 3.71. The van der Waals surface area contributed by atoms with E-state index in [1.54, 1.807) is 4.90 Å². The van der Waals surface area contributed by atoms with Gasteiger partial charge < -0.3 is 26.2 Å². The number of nitrogens with two attached hydrogens (primary N) is 1. The lowest BCUT2D eigenvalue weighted by atomic mass is 10.0. The molecule has 1 fully saturated rings. The lowest BCUT2D eigenvalue weighted by Crippen LogP contribution is -2.42. The van der Waals surface area contributed by atoms with Crippen LogP contribution in [0.2, 0.25) is 0 Å². The molecule has 28 heavy (non-hydrogen) atoms. The summed E-state index contributed by atoms with van der Waals surface area (Å²) >= 11 is 0. The molecule has 0 aliphatic carbocycles. The molecule has 14 heteroatoms. The number of hydrogen-bond donors (Lipinski definition) is 5. The number of piperidine rings is 1. The molecule has 0 spiro atoms. The lowest BCUT2D eigenvalue weighted by molar-refractivity contribution is -0.192. The topological polar surface area (TPSA) is 175 Å². The van der Waals surface area contributed by atoms with Gasteiger partial charge in [-0.3, -0.25) is 9.59 Å². The quantitative estimate of drug-likeness (QED) is 0.451. The minimum Gasteiger partial charge on any atom is -0.481 e. The van der Waals surface area contributed by atoms with E-state index in [2.05, 4.69) is 20.5 Å². The van der Waals surface area contributed by atoms with Gasteiger partial charge in [0.1, 0.15) is 0 Å². The van der Waals surface area contributed by atoms with Crippen LogP contribution in [0, 0.1) is 0 Å². The minimum atomic E-state index is -5.08. The first-order valence-corrected chi connectivity index (χ1v) is 8.23. The number of anilines is 2. The summed E-state index contributed by atoms with van der Waals surface area (Å²) in [5, 5.41) is 25.3. The molecule has 0 unspecified atom stereocenters. The Kier molecular flexibility index (Phi) is 8.47. The molecule has 0 radical (unpaired) electrons. The Hall–Kier alpha value is -3.06. The molecule has 158 valence electrons. The van der Waals surface area contributed by atoms with Crippen LogP contribution in [0.3, 0.4) is 0 Å². The van der Waals surface area contributed by atoms with Crippen molar-refractivity contribution in [1.82, 2.24) is 20.1 Å². The summed E-state index contributed by atoms with van der Waals surface area (Å²) in [5.41, 5.74) is 5.45. The van der Waals surface area contributed by atoms with E-state index in [0.29, 0.717) is 31.9 Å². The number of H-pyrrole nitrogens is 1. The van der Waals surface area contributed by atoms with Crippen LogP contribution in [0.5, 0.6) is 0 Å². The van der Waals surface area contributed by atoms with Crippen LogP contribution >= 0.6 is 0 Å². The molecule has 1 aromatic heterocycles. The number of aromatic amines is 1. The molecule has 11 nitrogen and oxygen atoms in total.